The second-order valence-corrected chi connectivity index (χ2v) is 3.69. The Balaban J connectivity index is 2.39. The highest BCUT2D eigenvalue weighted by atomic mass is 16.6. The molecule has 1 aromatic carbocycles. The fraction of sp³-hybridized carbons (Fsp3) is 0.273. The molecule has 0 aliphatic rings. The van der Waals surface area contributed by atoms with Crippen molar-refractivity contribution in [2.75, 3.05) is 13.7 Å². The highest BCUT2D eigenvalue weighted by Crippen LogP contribution is 2.30. The van der Waals surface area contributed by atoms with Gasteiger partial charge in [0.05, 0.1) is 12.0 Å². The van der Waals surface area contributed by atoms with E-state index in [1.165, 1.54) is 19.2 Å². The summed E-state index contributed by atoms with van der Waals surface area (Å²) >= 11 is 0. The van der Waals surface area contributed by atoms with Gasteiger partial charge in [0.25, 0.3) is 0 Å². The fourth-order valence-corrected chi connectivity index (χ4v) is 1.57. The Labute approximate surface area is 108 Å². The SMILES string of the molecule is COc1ccc(-c2noc(CCN)n2)cc1[N+](=O)[O-]. The summed E-state index contributed by atoms with van der Waals surface area (Å²) in [5.41, 5.74) is 5.71. The van der Waals surface area contributed by atoms with Crippen molar-refractivity contribution < 1.29 is 14.2 Å². The van der Waals surface area contributed by atoms with Crippen LogP contribution in [0.15, 0.2) is 22.7 Å². The number of methoxy groups -OCH3 is 1. The molecular formula is C11H12N4O4. The van der Waals surface area contributed by atoms with Gasteiger partial charge < -0.3 is 15.0 Å². The minimum atomic E-state index is -0.525. The lowest BCUT2D eigenvalue weighted by Gasteiger charge is -2.02. The molecule has 8 nitrogen and oxygen atoms in total. The largest absolute Gasteiger partial charge is 0.490 e. The molecular weight excluding hydrogens is 252 g/mol. The van der Waals surface area contributed by atoms with Crippen LogP contribution in [0.4, 0.5) is 5.69 Å². The molecule has 0 radical (unpaired) electrons. The van der Waals surface area contributed by atoms with Gasteiger partial charge in [0.15, 0.2) is 5.75 Å². The van der Waals surface area contributed by atoms with Crippen molar-refractivity contribution in [2.45, 2.75) is 6.42 Å². The number of benzene rings is 1. The van der Waals surface area contributed by atoms with Crippen LogP contribution in [-0.2, 0) is 6.42 Å². The third-order valence-corrected chi connectivity index (χ3v) is 2.46. The van der Waals surface area contributed by atoms with E-state index in [4.69, 9.17) is 15.0 Å². The van der Waals surface area contributed by atoms with Crippen molar-refractivity contribution in [1.82, 2.24) is 10.1 Å². The number of hydrogen-bond donors (Lipinski definition) is 1. The Morgan fingerprint density at radius 1 is 1.53 bits per heavy atom. The molecule has 100 valence electrons. The molecule has 0 bridgehead atoms. The Morgan fingerprint density at radius 2 is 2.32 bits per heavy atom. The van der Waals surface area contributed by atoms with Crippen LogP contribution in [0, 0.1) is 10.1 Å². The first-order valence-corrected chi connectivity index (χ1v) is 5.51. The molecule has 0 unspecified atom stereocenters. The summed E-state index contributed by atoms with van der Waals surface area (Å²) in [5, 5.41) is 14.7. The summed E-state index contributed by atoms with van der Waals surface area (Å²) in [4.78, 5) is 14.5. The zero-order valence-electron chi connectivity index (χ0n) is 10.2. The third-order valence-electron chi connectivity index (χ3n) is 2.46. The molecule has 1 heterocycles. The van der Waals surface area contributed by atoms with Gasteiger partial charge in [-0.2, -0.15) is 4.98 Å². The van der Waals surface area contributed by atoms with Crippen LogP contribution in [-0.4, -0.2) is 28.7 Å². The van der Waals surface area contributed by atoms with E-state index in [9.17, 15) is 10.1 Å². The maximum Gasteiger partial charge on any atom is 0.311 e. The van der Waals surface area contributed by atoms with Gasteiger partial charge in [-0.3, -0.25) is 10.1 Å². The maximum atomic E-state index is 10.9. The average molecular weight is 264 g/mol. The summed E-state index contributed by atoms with van der Waals surface area (Å²) in [7, 11) is 1.37. The molecule has 0 aliphatic heterocycles. The van der Waals surface area contributed by atoms with Gasteiger partial charge in [0.2, 0.25) is 11.7 Å². The van der Waals surface area contributed by atoms with Gasteiger partial charge in [-0.1, -0.05) is 5.16 Å². The zero-order valence-corrected chi connectivity index (χ0v) is 10.2. The molecule has 1 aromatic heterocycles. The van der Waals surface area contributed by atoms with Gasteiger partial charge in [-0.15, -0.1) is 0 Å². The predicted octanol–water partition coefficient (Wildman–Crippen LogP) is 1.15. The Bertz CT molecular complexity index is 596. The van der Waals surface area contributed by atoms with Crippen LogP contribution in [0.25, 0.3) is 11.4 Å². The molecule has 0 fully saturated rings. The molecule has 19 heavy (non-hydrogen) atoms. The summed E-state index contributed by atoms with van der Waals surface area (Å²) in [6.45, 7) is 0.393. The monoisotopic (exact) mass is 264 g/mol. The van der Waals surface area contributed by atoms with Crippen molar-refractivity contribution in [2.24, 2.45) is 5.73 Å². The van der Waals surface area contributed by atoms with Crippen LogP contribution < -0.4 is 10.5 Å². The first kappa shape index (κ1) is 13.0. The molecule has 0 saturated heterocycles. The van der Waals surface area contributed by atoms with Gasteiger partial charge in [-0.05, 0) is 12.1 Å². The van der Waals surface area contributed by atoms with E-state index < -0.39 is 4.92 Å². The summed E-state index contributed by atoms with van der Waals surface area (Å²) < 4.78 is 9.89. The lowest BCUT2D eigenvalue weighted by Crippen LogP contribution is -2.02. The number of ether oxygens (including phenoxy) is 1. The van der Waals surface area contributed by atoms with E-state index in [1.54, 1.807) is 6.07 Å². The van der Waals surface area contributed by atoms with Gasteiger partial charge >= 0.3 is 5.69 Å². The lowest BCUT2D eigenvalue weighted by molar-refractivity contribution is -0.385. The van der Waals surface area contributed by atoms with Gasteiger partial charge in [0.1, 0.15) is 0 Å². The molecule has 8 heteroatoms. The standard InChI is InChI=1S/C11H12N4O4/c1-18-9-3-2-7(6-8(9)15(16)17)11-13-10(4-5-12)19-14-11/h2-3,6H,4-5,12H2,1H3. The van der Waals surface area contributed by atoms with Crippen molar-refractivity contribution in [3.05, 3.63) is 34.2 Å². The first-order valence-electron chi connectivity index (χ1n) is 5.51. The second-order valence-electron chi connectivity index (χ2n) is 3.69. The Hall–Kier alpha value is -2.48. The van der Waals surface area contributed by atoms with E-state index in [0.29, 0.717) is 24.4 Å². The highest BCUT2D eigenvalue weighted by Gasteiger charge is 2.18. The van der Waals surface area contributed by atoms with Crippen LogP contribution in [0.1, 0.15) is 5.89 Å². The molecule has 0 amide bonds. The van der Waals surface area contributed by atoms with E-state index in [2.05, 4.69) is 10.1 Å². The summed E-state index contributed by atoms with van der Waals surface area (Å²) in [6.07, 6.45) is 0.464. The molecule has 2 N–H and O–H groups in total. The maximum absolute atomic E-state index is 10.9. The van der Waals surface area contributed by atoms with Crippen LogP contribution in [0.3, 0.4) is 0 Å². The lowest BCUT2D eigenvalue weighted by atomic mass is 10.2. The third kappa shape index (κ3) is 2.68. The average Bonchev–Trinajstić information content (AvgIpc) is 2.87. The van der Waals surface area contributed by atoms with Gasteiger partial charge in [-0.25, -0.2) is 0 Å². The zero-order chi connectivity index (χ0) is 13.8. The number of nitrogens with zero attached hydrogens (tertiary/aromatic N) is 3. The molecule has 2 aromatic rings. The van der Waals surface area contributed by atoms with Crippen molar-refractivity contribution in [1.29, 1.82) is 0 Å². The smallest absolute Gasteiger partial charge is 0.311 e. The number of rotatable bonds is 5. The first-order chi connectivity index (χ1) is 9.15. The topological polar surface area (TPSA) is 117 Å². The van der Waals surface area contributed by atoms with Crippen LogP contribution >= 0.6 is 0 Å². The number of nitrogens with two attached hydrogens (primary N) is 1. The molecule has 0 atom stereocenters. The van der Waals surface area contributed by atoms with E-state index >= 15 is 0 Å². The minimum absolute atomic E-state index is 0.148. The quantitative estimate of drug-likeness (QED) is 0.635. The number of aromatic nitrogens is 2. The minimum Gasteiger partial charge on any atom is -0.490 e. The number of nitro groups is 1. The fourth-order valence-electron chi connectivity index (χ4n) is 1.57. The summed E-state index contributed by atoms with van der Waals surface area (Å²) in [5.74, 6) is 0.865. The van der Waals surface area contributed by atoms with Crippen molar-refractivity contribution >= 4 is 5.69 Å². The Kier molecular flexibility index (Phi) is 3.71. The molecule has 0 aliphatic carbocycles. The second kappa shape index (κ2) is 5.44. The van der Waals surface area contributed by atoms with Crippen molar-refractivity contribution in [3.63, 3.8) is 0 Å². The van der Waals surface area contributed by atoms with Crippen LogP contribution in [0.2, 0.25) is 0 Å². The van der Waals surface area contributed by atoms with E-state index in [1.807, 2.05) is 0 Å². The van der Waals surface area contributed by atoms with Crippen LogP contribution in [0.5, 0.6) is 5.75 Å². The van der Waals surface area contributed by atoms with E-state index in [-0.39, 0.29) is 17.3 Å². The molecule has 0 saturated carbocycles. The highest BCUT2D eigenvalue weighted by molar-refractivity contribution is 5.63. The Morgan fingerprint density at radius 3 is 2.95 bits per heavy atom. The van der Waals surface area contributed by atoms with Crippen molar-refractivity contribution in [3.8, 4) is 17.1 Å². The van der Waals surface area contributed by atoms with Gasteiger partial charge in [0, 0.05) is 24.6 Å². The predicted molar refractivity (Wildman–Crippen MR) is 65.7 cm³/mol. The molecule has 0 spiro atoms. The van der Waals surface area contributed by atoms with E-state index in [0.717, 1.165) is 0 Å². The normalized spacial score (nSPS) is 10.4. The summed E-state index contributed by atoms with van der Waals surface area (Å²) in [6, 6.07) is 4.46. The number of nitro benzene ring substituents is 1. The number of hydrogen-bond acceptors (Lipinski definition) is 7. The molecule has 2 rings (SSSR count).